The molecule has 1 N–H and O–H groups in total. The van der Waals surface area contributed by atoms with Crippen molar-refractivity contribution in [2.45, 2.75) is 12.1 Å². The molecule has 2 aliphatic rings. The van der Waals surface area contributed by atoms with Crippen LogP contribution in [0.4, 0.5) is 22.0 Å². The van der Waals surface area contributed by atoms with E-state index >= 15 is 0 Å². The van der Waals surface area contributed by atoms with E-state index in [2.05, 4.69) is 5.32 Å². The monoisotopic (exact) mass is 258 g/mol. The van der Waals surface area contributed by atoms with E-state index in [9.17, 15) is 26.7 Å². The van der Waals surface area contributed by atoms with E-state index in [1.807, 2.05) is 0 Å². The van der Waals surface area contributed by atoms with Crippen molar-refractivity contribution in [3.8, 4) is 0 Å². The number of hydrogen-bond acceptors (Lipinski definition) is 2. The molecule has 0 aliphatic carbocycles. The number of carbonyl (C=O) groups is 1. The van der Waals surface area contributed by atoms with Gasteiger partial charge in [0.25, 0.3) is 0 Å². The van der Waals surface area contributed by atoms with Crippen LogP contribution in [0.2, 0.25) is 0 Å². The van der Waals surface area contributed by atoms with E-state index in [1.54, 1.807) is 0 Å². The second-order valence-corrected chi connectivity index (χ2v) is 4.46. The van der Waals surface area contributed by atoms with Crippen molar-refractivity contribution < 1.29 is 26.7 Å². The van der Waals surface area contributed by atoms with E-state index in [-0.39, 0.29) is 24.9 Å². The minimum absolute atomic E-state index is 0.0111. The van der Waals surface area contributed by atoms with Crippen molar-refractivity contribution in [1.29, 1.82) is 0 Å². The molecule has 2 heterocycles. The highest BCUT2D eigenvalue weighted by Gasteiger charge is 2.65. The highest BCUT2D eigenvalue weighted by atomic mass is 19.4. The Kier molecular flexibility index (Phi) is 2.80. The summed E-state index contributed by atoms with van der Waals surface area (Å²) in [4.78, 5) is 11.8. The van der Waals surface area contributed by atoms with Gasteiger partial charge in [-0.25, -0.2) is 0 Å². The summed E-state index contributed by atoms with van der Waals surface area (Å²) < 4.78 is 61.7. The van der Waals surface area contributed by atoms with E-state index in [0.29, 0.717) is 18.0 Å². The summed E-state index contributed by atoms with van der Waals surface area (Å²) >= 11 is 0. The maximum atomic E-state index is 12.8. The minimum atomic E-state index is -5.82. The zero-order chi connectivity index (χ0) is 12.8. The van der Waals surface area contributed by atoms with Gasteiger partial charge in [0.2, 0.25) is 0 Å². The quantitative estimate of drug-likeness (QED) is 0.708. The fraction of sp³-hybridized carbons (Fsp3) is 0.889. The predicted molar refractivity (Wildman–Crippen MR) is 47.4 cm³/mol. The first-order valence-electron chi connectivity index (χ1n) is 5.18. The molecular weight excluding hydrogens is 247 g/mol. The van der Waals surface area contributed by atoms with Crippen LogP contribution in [0, 0.1) is 11.8 Å². The van der Waals surface area contributed by atoms with E-state index < -0.39 is 18.0 Å². The summed E-state index contributed by atoms with van der Waals surface area (Å²) in [7, 11) is 0. The number of alkyl halides is 5. The van der Waals surface area contributed by atoms with Gasteiger partial charge < -0.3 is 10.2 Å². The highest BCUT2D eigenvalue weighted by molar-refractivity contribution is 5.84. The Balaban J connectivity index is 2.07. The summed E-state index contributed by atoms with van der Waals surface area (Å²) in [5, 5.41) is 3.01. The first kappa shape index (κ1) is 12.5. The van der Waals surface area contributed by atoms with Gasteiger partial charge in [0, 0.05) is 26.2 Å². The fourth-order valence-corrected chi connectivity index (χ4v) is 2.34. The van der Waals surface area contributed by atoms with E-state index in [1.165, 1.54) is 0 Å². The molecule has 17 heavy (non-hydrogen) atoms. The van der Waals surface area contributed by atoms with Crippen LogP contribution in [0.5, 0.6) is 0 Å². The van der Waals surface area contributed by atoms with Crippen molar-refractivity contribution in [2.24, 2.45) is 11.8 Å². The number of fused-ring (bicyclic) bond motifs is 1. The molecule has 98 valence electrons. The van der Waals surface area contributed by atoms with Gasteiger partial charge in [-0.1, -0.05) is 0 Å². The van der Waals surface area contributed by atoms with Gasteiger partial charge in [-0.2, -0.15) is 22.0 Å². The van der Waals surface area contributed by atoms with E-state index in [0.717, 1.165) is 0 Å². The number of rotatable bonds is 1. The maximum absolute atomic E-state index is 12.8. The Labute approximate surface area is 93.9 Å². The van der Waals surface area contributed by atoms with Crippen LogP contribution in [0.1, 0.15) is 0 Å². The maximum Gasteiger partial charge on any atom is 0.463 e. The summed E-state index contributed by atoms with van der Waals surface area (Å²) in [6, 6.07) is 0. The summed E-state index contributed by atoms with van der Waals surface area (Å²) in [6.07, 6.45) is -5.82. The number of amides is 1. The first-order valence-corrected chi connectivity index (χ1v) is 5.18. The number of halogens is 5. The number of carbonyl (C=O) groups excluding carboxylic acids is 1. The van der Waals surface area contributed by atoms with Gasteiger partial charge in [-0.05, 0) is 11.8 Å². The summed E-state index contributed by atoms with van der Waals surface area (Å²) in [6.45, 7) is 1.07. The zero-order valence-corrected chi connectivity index (χ0v) is 8.73. The Morgan fingerprint density at radius 3 is 1.94 bits per heavy atom. The van der Waals surface area contributed by atoms with Gasteiger partial charge in [-0.3, -0.25) is 4.79 Å². The third kappa shape index (κ3) is 1.98. The third-order valence-electron chi connectivity index (χ3n) is 3.30. The zero-order valence-electron chi connectivity index (χ0n) is 8.73. The summed E-state index contributed by atoms with van der Waals surface area (Å²) in [5.74, 6) is -7.43. The number of hydrogen-bond donors (Lipinski definition) is 1. The minimum Gasteiger partial charge on any atom is -0.336 e. The Bertz CT molecular complexity index is 318. The van der Waals surface area contributed by atoms with Crippen LogP contribution >= 0.6 is 0 Å². The fourth-order valence-electron chi connectivity index (χ4n) is 2.34. The number of nitrogens with zero attached hydrogens (tertiary/aromatic N) is 1. The van der Waals surface area contributed by atoms with Crippen LogP contribution < -0.4 is 5.32 Å². The van der Waals surface area contributed by atoms with Gasteiger partial charge in [0.1, 0.15) is 0 Å². The standard InChI is InChI=1S/C9H11F5N2O/c10-8(11,9(12,13)14)7(17)16-3-5-1-15-2-6(5)4-16/h5-6,15H,1-4H2. The molecule has 0 bridgehead atoms. The molecule has 0 radical (unpaired) electrons. The average molecular weight is 258 g/mol. The highest BCUT2D eigenvalue weighted by Crippen LogP contribution is 2.38. The van der Waals surface area contributed by atoms with Gasteiger partial charge in [-0.15, -0.1) is 0 Å². The van der Waals surface area contributed by atoms with Crippen molar-refractivity contribution in [3.05, 3.63) is 0 Å². The average Bonchev–Trinajstić information content (AvgIpc) is 2.73. The molecule has 0 aromatic carbocycles. The lowest BCUT2D eigenvalue weighted by Gasteiger charge is -2.25. The van der Waals surface area contributed by atoms with Crippen molar-refractivity contribution in [1.82, 2.24) is 10.2 Å². The SMILES string of the molecule is O=C(N1CC2CNCC2C1)C(F)(F)C(F)(F)F. The molecule has 0 saturated carbocycles. The second kappa shape index (κ2) is 3.79. The van der Waals surface area contributed by atoms with Crippen LogP contribution in [0.15, 0.2) is 0 Å². The smallest absolute Gasteiger partial charge is 0.336 e. The lowest BCUT2D eigenvalue weighted by Crippen LogP contribution is -2.51. The predicted octanol–water partition coefficient (Wildman–Crippen LogP) is 0.862. The second-order valence-electron chi connectivity index (χ2n) is 4.46. The van der Waals surface area contributed by atoms with Gasteiger partial charge in [0.05, 0.1) is 0 Å². The molecule has 0 aromatic heterocycles. The van der Waals surface area contributed by atoms with Crippen LogP contribution in [0.25, 0.3) is 0 Å². The molecule has 2 atom stereocenters. The Morgan fingerprint density at radius 1 is 1.06 bits per heavy atom. The third-order valence-corrected chi connectivity index (χ3v) is 3.30. The topological polar surface area (TPSA) is 32.3 Å². The largest absolute Gasteiger partial charge is 0.463 e. The molecule has 2 fully saturated rings. The Morgan fingerprint density at radius 2 is 1.53 bits per heavy atom. The first-order chi connectivity index (χ1) is 7.73. The molecule has 8 heteroatoms. The van der Waals surface area contributed by atoms with Crippen molar-refractivity contribution >= 4 is 5.91 Å². The van der Waals surface area contributed by atoms with Crippen molar-refractivity contribution in [2.75, 3.05) is 26.2 Å². The van der Waals surface area contributed by atoms with E-state index in [4.69, 9.17) is 0 Å². The molecule has 2 unspecified atom stereocenters. The molecule has 2 rings (SSSR count). The van der Waals surface area contributed by atoms with Gasteiger partial charge in [0.15, 0.2) is 0 Å². The van der Waals surface area contributed by atoms with Crippen molar-refractivity contribution in [3.63, 3.8) is 0 Å². The molecule has 2 saturated heterocycles. The molecule has 0 aromatic rings. The molecule has 0 spiro atoms. The summed E-state index contributed by atoms with van der Waals surface area (Å²) in [5.41, 5.74) is 0. The molecule has 2 aliphatic heterocycles. The molecule has 1 amide bonds. The number of nitrogens with one attached hydrogen (secondary N) is 1. The lowest BCUT2D eigenvalue weighted by molar-refractivity contribution is -0.274. The number of likely N-dealkylation sites (tertiary alicyclic amines) is 1. The lowest BCUT2D eigenvalue weighted by atomic mass is 10.0. The Hall–Kier alpha value is -0.920. The normalized spacial score (nSPS) is 29.6. The van der Waals surface area contributed by atoms with Gasteiger partial charge >= 0.3 is 18.0 Å². The van der Waals surface area contributed by atoms with Crippen LogP contribution in [-0.2, 0) is 4.79 Å². The molecular formula is C9H11F5N2O. The van der Waals surface area contributed by atoms with Crippen LogP contribution in [0.3, 0.4) is 0 Å². The van der Waals surface area contributed by atoms with Crippen LogP contribution in [-0.4, -0.2) is 49.1 Å². The molecule has 3 nitrogen and oxygen atoms in total.